The highest BCUT2D eigenvalue weighted by molar-refractivity contribution is 7.99. The number of thiocarbonyl (C=S) groups is 1. The number of phenols is 1. The minimum atomic E-state index is -0.396. The van der Waals surface area contributed by atoms with Gasteiger partial charge in [-0.3, -0.25) is 15.1 Å². The van der Waals surface area contributed by atoms with Gasteiger partial charge in [0, 0.05) is 50.9 Å². The Balaban J connectivity index is 1.37. The Morgan fingerprint density at radius 1 is 0.929 bits per heavy atom. The van der Waals surface area contributed by atoms with E-state index in [2.05, 4.69) is 51.8 Å². The number of anilines is 1. The van der Waals surface area contributed by atoms with Crippen LogP contribution < -0.4 is 10.2 Å². The number of aryl methyl sites for hydroxylation is 1. The van der Waals surface area contributed by atoms with E-state index in [4.69, 9.17) is 12.2 Å². The fourth-order valence-electron chi connectivity index (χ4n) is 5.48. The molecule has 1 aliphatic heterocycles. The van der Waals surface area contributed by atoms with Crippen molar-refractivity contribution < 1.29 is 10.0 Å². The van der Waals surface area contributed by atoms with Crippen LogP contribution in [-0.4, -0.2) is 24.7 Å². The summed E-state index contributed by atoms with van der Waals surface area (Å²) >= 11 is 7.47. The molecule has 42 heavy (non-hydrogen) atoms. The summed E-state index contributed by atoms with van der Waals surface area (Å²) < 4.78 is 2.19. The minimum absolute atomic E-state index is 0.0722. The summed E-state index contributed by atoms with van der Waals surface area (Å²) in [7, 11) is 0. The van der Waals surface area contributed by atoms with Gasteiger partial charge in [0.25, 0.3) is 5.69 Å². The van der Waals surface area contributed by atoms with Crippen molar-refractivity contribution in [1.29, 1.82) is 0 Å². The predicted molar refractivity (Wildman–Crippen MR) is 169 cm³/mol. The largest absolute Gasteiger partial charge is 0.508 e. The number of pyridine rings is 1. The molecule has 5 aromatic rings. The molecule has 6 rings (SSSR count). The van der Waals surface area contributed by atoms with Crippen molar-refractivity contribution in [3.05, 3.63) is 136 Å². The molecule has 0 amide bonds. The van der Waals surface area contributed by atoms with Crippen LogP contribution in [-0.2, 0) is 0 Å². The minimum Gasteiger partial charge on any atom is -0.508 e. The van der Waals surface area contributed by atoms with Gasteiger partial charge >= 0.3 is 0 Å². The molecule has 2 N–H and O–H groups in total. The maximum absolute atomic E-state index is 11.0. The monoisotopic (exact) mass is 593 g/mol. The number of nitro groups is 1. The Bertz CT molecular complexity index is 1760. The van der Waals surface area contributed by atoms with Gasteiger partial charge in [0.1, 0.15) is 5.75 Å². The quantitative estimate of drug-likeness (QED) is 0.114. The number of aromatic hydroxyl groups is 1. The number of rotatable bonds is 7. The van der Waals surface area contributed by atoms with Gasteiger partial charge in [0.15, 0.2) is 5.11 Å². The maximum Gasteiger partial charge on any atom is 0.269 e. The summed E-state index contributed by atoms with van der Waals surface area (Å²) in [5, 5.41) is 25.0. The van der Waals surface area contributed by atoms with Crippen molar-refractivity contribution in [2.24, 2.45) is 0 Å². The number of hydrogen-bond donors (Lipinski definition) is 2. The SMILES string of the molecule is Cc1cc([C@H]2[C@@H](c3ccccn3)NC(=S)N2c2ccc(Sc3ccc([N+](=O)[O-])cc3)cc2)c(C)n1-c1ccc(O)cc1. The van der Waals surface area contributed by atoms with Gasteiger partial charge in [-0.15, -0.1) is 0 Å². The lowest BCUT2D eigenvalue weighted by molar-refractivity contribution is -0.384. The van der Waals surface area contributed by atoms with Crippen molar-refractivity contribution in [3.8, 4) is 11.4 Å². The number of non-ortho nitro benzene ring substituents is 1. The molecule has 0 bridgehead atoms. The molecule has 0 aliphatic carbocycles. The first-order valence-corrected chi connectivity index (χ1v) is 14.5. The van der Waals surface area contributed by atoms with Gasteiger partial charge in [-0.05, 0) is 110 Å². The van der Waals surface area contributed by atoms with Crippen LogP contribution in [0.2, 0.25) is 0 Å². The zero-order valence-electron chi connectivity index (χ0n) is 22.8. The number of phenolic OH excluding ortho intramolecular Hbond substituents is 1. The van der Waals surface area contributed by atoms with Crippen molar-refractivity contribution in [2.75, 3.05) is 4.90 Å². The van der Waals surface area contributed by atoms with Crippen molar-refractivity contribution in [2.45, 2.75) is 35.7 Å². The van der Waals surface area contributed by atoms with Crippen molar-refractivity contribution in [1.82, 2.24) is 14.9 Å². The third-order valence-corrected chi connectivity index (χ3v) is 8.72. The molecule has 3 heterocycles. The second kappa shape index (κ2) is 11.3. The van der Waals surface area contributed by atoms with Gasteiger partial charge in [0.2, 0.25) is 0 Å². The molecule has 2 atom stereocenters. The van der Waals surface area contributed by atoms with E-state index >= 15 is 0 Å². The molecule has 10 heteroatoms. The highest BCUT2D eigenvalue weighted by Gasteiger charge is 2.42. The van der Waals surface area contributed by atoms with Crippen LogP contribution in [0, 0.1) is 24.0 Å². The molecular weight excluding hydrogens is 567 g/mol. The lowest BCUT2D eigenvalue weighted by Gasteiger charge is -2.28. The third kappa shape index (κ3) is 5.22. The van der Waals surface area contributed by atoms with Gasteiger partial charge in [-0.2, -0.15) is 0 Å². The number of hydrogen-bond acceptors (Lipinski definition) is 6. The Morgan fingerprint density at radius 2 is 1.57 bits per heavy atom. The predicted octanol–water partition coefficient (Wildman–Crippen LogP) is 7.43. The topological polar surface area (TPSA) is 96.5 Å². The summed E-state index contributed by atoms with van der Waals surface area (Å²) in [6.07, 6.45) is 1.80. The molecule has 0 unspecified atom stereocenters. The van der Waals surface area contributed by atoms with E-state index in [0.29, 0.717) is 5.11 Å². The van der Waals surface area contributed by atoms with Crippen LogP contribution in [0.1, 0.15) is 34.7 Å². The Morgan fingerprint density at radius 3 is 2.19 bits per heavy atom. The molecule has 1 fully saturated rings. The fraction of sp³-hybridized carbons (Fsp3) is 0.125. The summed E-state index contributed by atoms with van der Waals surface area (Å²) in [6, 6.07) is 29.7. The van der Waals surface area contributed by atoms with Crippen LogP contribution in [0.25, 0.3) is 5.69 Å². The summed E-state index contributed by atoms with van der Waals surface area (Å²) in [4.78, 5) is 19.3. The fourth-order valence-corrected chi connectivity index (χ4v) is 6.64. The average molecular weight is 594 g/mol. The molecule has 2 aromatic heterocycles. The number of aromatic nitrogens is 2. The van der Waals surface area contributed by atoms with Crippen molar-refractivity contribution in [3.63, 3.8) is 0 Å². The van der Waals surface area contributed by atoms with Gasteiger partial charge in [-0.25, -0.2) is 0 Å². The second-order valence-electron chi connectivity index (χ2n) is 10.0. The van der Waals surface area contributed by atoms with E-state index in [1.54, 1.807) is 42.2 Å². The Labute approximate surface area is 252 Å². The number of nitrogens with zero attached hydrogens (tertiary/aromatic N) is 4. The summed E-state index contributed by atoms with van der Waals surface area (Å²) in [5.74, 6) is 0.225. The Kier molecular flexibility index (Phi) is 7.40. The van der Waals surface area contributed by atoms with E-state index in [0.717, 1.165) is 43.8 Å². The average Bonchev–Trinajstić information content (AvgIpc) is 3.49. The van der Waals surface area contributed by atoms with Crippen LogP contribution in [0.4, 0.5) is 11.4 Å². The summed E-state index contributed by atoms with van der Waals surface area (Å²) in [6.45, 7) is 4.18. The lowest BCUT2D eigenvalue weighted by atomic mass is 9.96. The lowest BCUT2D eigenvalue weighted by Crippen LogP contribution is -2.29. The zero-order valence-corrected chi connectivity index (χ0v) is 24.5. The van der Waals surface area contributed by atoms with E-state index < -0.39 is 4.92 Å². The van der Waals surface area contributed by atoms with Crippen LogP contribution in [0.5, 0.6) is 5.75 Å². The first-order valence-electron chi connectivity index (χ1n) is 13.3. The van der Waals surface area contributed by atoms with Crippen molar-refractivity contribution >= 4 is 40.5 Å². The molecule has 8 nitrogen and oxygen atoms in total. The van der Waals surface area contributed by atoms with Crippen LogP contribution in [0.15, 0.2) is 113 Å². The van der Waals surface area contributed by atoms with Gasteiger partial charge in [0.05, 0.1) is 22.7 Å². The molecule has 210 valence electrons. The smallest absolute Gasteiger partial charge is 0.269 e. The summed E-state index contributed by atoms with van der Waals surface area (Å²) in [5.41, 5.74) is 6.14. The third-order valence-electron chi connectivity index (χ3n) is 7.39. The highest BCUT2D eigenvalue weighted by Crippen LogP contribution is 2.44. The molecule has 0 radical (unpaired) electrons. The van der Waals surface area contributed by atoms with Crippen LogP contribution in [0.3, 0.4) is 0 Å². The second-order valence-corrected chi connectivity index (χ2v) is 11.6. The number of nitro benzene ring substituents is 1. The number of benzene rings is 3. The first kappa shape index (κ1) is 27.5. The molecule has 1 saturated heterocycles. The molecule has 0 spiro atoms. The normalized spacial score (nSPS) is 16.4. The number of nitrogens with one attached hydrogen (secondary N) is 1. The van der Waals surface area contributed by atoms with E-state index in [-0.39, 0.29) is 23.5 Å². The molecule has 3 aromatic carbocycles. The molecule has 0 saturated carbocycles. The van der Waals surface area contributed by atoms with Gasteiger partial charge in [-0.1, -0.05) is 17.8 Å². The first-order chi connectivity index (χ1) is 20.3. The zero-order chi connectivity index (χ0) is 29.4. The standard InChI is InChI=1S/C32H27N5O3S2/c1-20-19-28(21(2)35(20)22-6-12-25(38)13-7-22)31-30(29-5-3-4-18-33-29)34-32(41)36(31)23-8-14-26(15-9-23)42-27-16-10-24(11-17-27)37(39)40/h3-19,30-31,38H,1-2H3,(H,34,41)/t30-,31+/m1/s1. The maximum atomic E-state index is 11.0. The highest BCUT2D eigenvalue weighted by atomic mass is 32.2. The van der Waals surface area contributed by atoms with Gasteiger partial charge < -0.3 is 19.9 Å². The van der Waals surface area contributed by atoms with E-state index in [1.807, 2.05) is 42.5 Å². The Hall–Kier alpha value is -4.67. The van der Waals surface area contributed by atoms with E-state index in [9.17, 15) is 15.2 Å². The van der Waals surface area contributed by atoms with E-state index in [1.165, 1.54) is 12.1 Å². The molecule has 1 aliphatic rings. The molecular formula is C32H27N5O3S2. The van der Waals surface area contributed by atoms with Crippen LogP contribution >= 0.6 is 24.0 Å².